The number of benzene rings is 1. The van der Waals surface area contributed by atoms with Crippen molar-refractivity contribution in [3.63, 3.8) is 0 Å². The molecule has 1 N–H and O–H groups in total. The molecule has 1 aromatic heterocycles. The van der Waals surface area contributed by atoms with Crippen LogP contribution in [0.25, 0.3) is 10.8 Å². The van der Waals surface area contributed by atoms with E-state index in [0.29, 0.717) is 10.8 Å². The van der Waals surface area contributed by atoms with Gasteiger partial charge >= 0.3 is 0 Å². The van der Waals surface area contributed by atoms with Crippen LogP contribution in [0.1, 0.15) is 38.1 Å². The van der Waals surface area contributed by atoms with E-state index < -0.39 is 0 Å². The number of fused-ring (bicyclic) bond motifs is 1. The zero-order valence-electron chi connectivity index (χ0n) is 10.2. The van der Waals surface area contributed by atoms with Gasteiger partial charge in [0.05, 0.1) is 17.6 Å². The summed E-state index contributed by atoms with van der Waals surface area (Å²) in [4.78, 5) is 12.4. The van der Waals surface area contributed by atoms with Gasteiger partial charge in [0.1, 0.15) is 5.75 Å². The van der Waals surface area contributed by atoms with Crippen molar-refractivity contribution in [3.05, 3.63) is 34.7 Å². The molecule has 0 atom stereocenters. The van der Waals surface area contributed by atoms with E-state index in [0.717, 1.165) is 25.7 Å². The van der Waals surface area contributed by atoms with E-state index in [-0.39, 0.29) is 17.4 Å². The van der Waals surface area contributed by atoms with Crippen LogP contribution in [0.2, 0.25) is 0 Å². The SMILES string of the molecule is O=c1c2cccc(O)c2cnn1C1CCCCC1. The Morgan fingerprint density at radius 1 is 1.17 bits per heavy atom. The molecule has 3 rings (SSSR count). The Bertz CT molecular complexity index is 627. The van der Waals surface area contributed by atoms with Crippen LogP contribution in [0.4, 0.5) is 0 Å². The summed E-state index contributed by atoms with van der Waals surface area (Å²) in [6, 6.07) is 5.25. The van der Waals surface area contributed by atoms with Crippen LogP contribution in [0, 0.1) is 0 Å². The number of phenols is 1. The van der Waals surface area contributed by atoms with E-state index >= 15 is 0 Å². The molecule has 1 heterocycles. The Labute approximate surface area is 105 Å². The van der Waals surface area contributed by atoms with Gasteiger partial charge in [-0.3, -0.25) is 4.79 Å². The van der Waals surface area contributed by atoms with Gasteiger partial charge in [-0.2, -0.15) is 5.10 Å². The molecular weight excluding hydrogens is 228 g/mol. The van der Waals surface area contributed by atoms with Crippen molar-refractivity contribution in [2.24, 2.45) is 0 Å². The molecule has 0 unspecified atom stereocenters. The lowest BCUT2D eigenvalue weighted by Gasteiger charge is -2.22. The van der Waals surface area contributed by atoms with Crippen LogP contribution in [0.5, 0.6) is 5.75 Å². The first kappa shape index (κ1) is 11.3. The van der Waals surface area contributed by atoms with Gasteiger partial charge in [0, 0.05) is 5.39 Å². The smallest absolute Gasteiger partial charge is 0.275 e. The second-order valence-electron chi connectivity index (χ2n) is 4.92. The standard InChI is InChI=1S/C14H16N2O2/c17-13-8-4-7-11-12(13)9-15-16(14(11)18)10-5-2-1-3-6-10/h4,7-10,17H,1-3,5-6H2. The van der Waals surface area contributed by atoms with Gasteiger partial charge in [-0.05, 0) is 25.0 Å². The van der Waals surface area contributed by atoms with Crippen LogP contribution in [-0.2, 0) is 0 Å². The number of hydrogen-bond acceptors (Lipinski definition) is 3. The third-order valence-electron chi connectivity index (χ3n) is 3.75. The van der Waals surface area contributed by atoms with E-state index in [1.807, 2.05) is 0 Å². The molecule has 0 spiro atoms. The van der Waals surface area contributed by atoms with E-state index in [2.05, 4.69) is 5.10 Å². The molecule has 1 saturated carbocycles. The third-order valence-corrected chi connectivity index (χ3v) is 3.75. The maximum atomic E-state index is 12.4. The molecule has 0 radical (unpaired) electrons. The summed E-state index contributed by atoms with van der Waals surface area (Å²) in [5.74, 6) is 0.118. The maximum Gasteiger partial charge on any atom is 0.275 e. The normalized spacial score (nSPS) is 17.1. The summed E-state index contributed by atoms with van der Waals surface area (Å²) in [7, 11) is 0. The predicted molar refractivity (Wildman–Crippen MR) is 69.8 cm³/mol. The van der Waals surface area contributed by atoms with Gasteiger partial charge in [0.2, 0.25) is 0 Å². The Kier molecular flexibility index (Phi) is 2.78. The van der Waals surface area contributed by atoms with E-state index in [1.54, 1.807) is 29.1 Å². The van der Waals surface area contributed by atoms with Crippen LogP contribution in [0.15, 0.2) is 29.2 Å². The number of phenolic OH excluding ortho intramolecular Hbond substituents is 1. The van der Waals surface area contributed by atoms with Crippen molar-refractivity contribution in [1.82, 2.24) is 9.78 Å². The predicted octanol–water partition coefficient (Wildman–Crippen LogP) is 2.61. The van der Waals surface area contributed by atoms with Gasteiger partial charge in [0.15, 0.2) is 0 Å². The molecule has 18 heavy (non-hydrogen) atoms. The van der Waals surface area contributed by atoms with E-state index in [1.165, 1.54) is 6.42 Å². The lowest BCUT2D eigenvalue weighted by atomic mass is 9.95. The molecule has 2 aromatic rings. The van der Waals surface area contributed by atoms with E-state index in [4.69, 9.17) is 0 Å². The summed E-state index contributed by atoms with van der Waals surface area (Å²) >= 11 is 0. The summed E-state index contributed by atoms with van der Waals surface area (Å²) < 4.78 is 1.60. The Morgan fingerprint density at radius 3 is 2.72 bits per heavy atom. The van der Waals surface area contributed by atoms with Crippen molar-refractivity contribution in [2.75, 3.05) is 0 Å². The number of nitrogens with zero attached hydrogens (tertiary/aromatic N) is 2. The number of hydrogen-bond donors (Lipinski definition) is 1. The highest BCUT2D eigenvalue weighted by molar-refractivity contribution is 5.86. The summed E-state index contributed by atoms with van der Waals surface area (Å²) in [6.45, 7) is 0. The fourth-order valence-electron chi connectivity index (χ4n) is 2.76. The monoisotopic (exact) mass is 244 g/mol. The molecule has 1 aromatic carbocycles. The summed E-state index contributed by atoms with van der Waals surface area (Å²) in [6.07, 6.45) is 7.22. The Hall–Kier alpha value is -1.84. The number of aromatic hydroxyl groups is 1. The average molecular weight is 244 g/mol. The molecule has 4 heteroatoms. The van der Waals surface area contributed by atoms with Gasteiger partial charge in [-0.1, -0.05) is 25.3 Å². The highest BCUT2D eigenvalue weighted by Crippen LogP contribution is 2.27. The average Bonchev–Trinajstić information content (AvgIpc) is 2.41. The molecule has 94 valence electrons. The first-order valence-corrected chi connectivity index (χ1v) is 6.47. The van der Waals surface area contributed by atoms with Gasteiger partial charge in [0.25, 0.3) is 5.56 Å². The molecule has 1 aliphatic carbocycles. The molecule has 0 bridgehead atoms. The Morgan fingerprint density at radius 2 is 1.94 bits per heavy atom. The fraction of sp³-hybridized carbons (Fsp3) is 0.429. The molecule has 0 aliphatic heterocycles. The van der Waals surface area contributed by atoms with Crippen LogP contribution >= 0.6 is 0 Å². The topological polar surface area (TPSA) is 55.1 Å². The third kappa shape index (κ3) is 1.78. The second kappa shape index (κ2) is 4.44. The molecule has 4 nitrogen and oxygen atoms in total. The van der Waals surface area contributed by atoms with Crippen molar-refractivity contribution in [2.45, 2.75) is 38.1 Å². The lowest BCUT2D eigenvalue weighted by molar-refractivity contribution is 0.320. The highest BCUT2D eigenvalue weighted by atomic mass is 16.3. The first-order chi connectivity index (χ1) is 8.77. The molecule has 1 fully saturated rings. The van der Waals surface area contributed by atoms with Crippen molar-refractivity contribution in [1.29, 1.82) is 0 Å². The first-order valence-electron chi connectivity index (χ1n) is 6.47. The molecule has 1 aliphatic rings. The quantitative estimate of drug-likeness (QED) is 0.839. The van der Waals surface area contributed by atoms with E-state index in [9.17, 15) is 9.90 Å². The molecule has 0 amide bonds. The molecular formula is C14H16N2O2. The highest BCUT2D eigenvalue weighted by Gasteiger charge is 2.18. The minimum absolute atomic E-state index is 0.0877. The van der Waals surface area contributed by atoms with Crippen LogP contribution < -0.4 is 5.56 Å². The minimum atomic E-state index is -0.0877. The summed E-state index contributed by atoms with van der Waals surface area (Å²) in [5.41, 5.74) is -0.0877. The Balaban J connectivity index is 2.14. The number of rotatable bonds is 1. The summed E-state index contributed by atoms with van der Waals surface area (Å²) in [5, 5.41) is 15.0. The number of aromatic nitrogens is 2. The van der Waals surface area contributed by atoms with Gasteiger partial charge in [-0.25, -0.2) is 4.68 Å². The molecule has 0 saturated heterocycles. The maximum absolute atomic E-state index is 12.4. The van der Waals surface area contributed by atoms with Gasteiger partial charge in [-0.15, -0.1) is 0 Å². The lowest BCUT2D eigenvalue weighted by Crippen LogP contribution is -2.28. The largest absolute Gasteiger partial charge is 0.507 e. The fourth-order valence-corrected chi connectivity index (χ4v) is 2.76. The van der Waals surface area contributed by atoms with Crippen molar-refractivity contribution in [3.8, 4) is 5.75 Å². The zero-order chi connectivity index (χ0) is 12.5. The zero-order valence-corrected chi connectivity index (χ0v) is 10.2. The second-order valence-corrected chi connectivity index (χ2v) is 4.92. The van der Waals surface area contributed by atoms with Crippen LogP contribution in [0.3, 0.4) is 0 Å². The van der Waals surface area contributed by atoms with Crippen molar-refractivity contribution >= 4 is 10.8 Å². The van der Waals surface area contributed by atoms with Gasteiger partial charge < -0.3 is 5.11 Å². The minimum Gasteiger partial charge on any atom is -0.507 e. The van der Waals surface area contributed by atoms with Crippen molar-refractivity contribution < 1.29 is 5.11 Å². The van der Waals surface area contributed by atoms with Crippen LogP contribution in [-0.4, -0.2) is 14.9 Å².